The molecule has 4 bridgehead atoms. The molecule has 0 heterocycles. The monoisotopic (exact) mass is 296 g/mol. The summed E-state index contributed by atoms with van der Waals surface area (Å²) in [6.07, 6.45) is 11.6. The van der Waals surface area contributed by atoms with Crippen molar-refractivity contribution in [3.8, 4) is 0 Å². The molecule has 4 fully saturated rings. The van der Waals surface area contributed by atoms with Crippen molar-refractivity contribution >= 4 is 11.4 Å². The van der Waals surface area contributed by atoms with E-state index in [0.717, 1.165) is 30.7 Å². The maximum atomic E-state index is 3.99. The van der Waals surface area contributed by atoms with E-state index >= 15 is 0 Å². The average molecular weight is 296 g/mol. The lowest BCUT2D eigenvalue weighted by atomic mass is 9.53. The van der Waals surface area contributed by atoms with Gasteiger partial charge in [0.25, 0.3) is 0 Å². The van der Waals surface area contributed by atoms with Crippen LogP contribution in [0.15, 0.2) is 36.9 Å². The summed E-state index contributed by atoms with van der Waals surface area (Å²) < 4.78 is 0. The van der Waals surface area contributed by atoms with Crippen molar-refractivity contribution in [3.05, 3.63) is 36.9 Å². The van der Waals surface area contributed by atoms with E-state index in [0.29, 0.717) is 5.54 Å². The summed E-state index contributed by atoms with van der Waals surface area (Å²) in [6, 6.07) is 8.73. The summed E-state index contributed by atoms with van der Waals surface area (Å²) in [5.41, 5.74) is 2.93. The van der Waals surface area contributed by atoms with Crippen LogP contribution in [-0.2, 0) is 0 Å². The fraction of sp³-hybridized carbons (Fsp3) is 0.600. The Bertz CT molecular complexity index is 513. The average Bonchev–Trinajstić information content (AvgIpc) is 2.47. The summed E-state index contributed by atoms with van der Waals surface area (Å²) >= 11 is 0. The highest BCUT2D eigenvalue weighted by molar-refractivity contribution is 5.69. The van der Waals surface area contributed by atoms with Gasteiger partial charge in [-0.05, 0) is 74.8 Å². The molecule has 2 nitrogen and oxygen atoms in total. The van der Waals surface area contributed by atoms with Crippen LogP contribution in [0, 0.1) is 17.8 Å². The first-order valence-corrected chi connectivity index (χ1v) is 8.98. The number of hydrogen-bond acceptors (Lipinski definition) is 2. The predicted octanol–water partition coefficient (Wildman–Crippen LogP) is 5.06. The first-order valence-electron chi connectivity index (χ1n) is 8.98. The molecule has 5 rings (SSSR count). The van der Waals surface area contributed by atoms with Gasteiger partial charge in [-0.1, -0.05) is 18.2 Å². The Labute approximate surface area is 134 Å². The molecule has 0 aromatic heterocycles. The lowest BCUT2D eigenvalue weighted by molar-refractivity contribution is 0.0107. The second-order valence-electron chi connectivity index (χ2n) is 7.87. The maximum absolute atomic E-state index is 3.99. The van der Waals surface area contributed by atoms with Gasteiger partial charge in [0, 0.05) is 12.1 Å². The summed E-state index contributed by atoms with van der Waals surface area (Å²) in [5.74, 6) is 2.96. The van der Waals surface area contributed by atoms with Gasteiger partial charge in [-0.25, -0.2) is 0 Å². The van der Waals surface area contributed by atoms with Crippen LogP contribution in [0.1, 0.15) is 44.9 Å². The predicted molar refractivity (Wildman–Crippen MR) is 94.3 cm³/mol. The number of hydrogen-bond donors (Lipinski definition) is 2. The van der Waals surface area contributed by atoms with Gasteiger partial charge in [0.15, 0.2) is 0 Å². The van der Waals surface area contributed by atoms with E-state index in [9.17, 15) is 0 Å². The Balaban J connectivity index is 1.52. The second kappa shape index (κ2) is 5.64. The Morgan fingerprint density at radius 2 is 1.59 bits per heavy atom. The lowest BCUT2D eigenvalue weighted by Gasteiger charge is -2.57. The molecule has 0 spiro atoms. The van der Waals surface area contributed by atoms with Gasteiger partial charge in [-0.3, -0.25) is 0 Å². The van der Waals surface area contributed by atoms with Gasteiger partial charge >= 0.3 is 0 Å². The third-order valence-electron chi connectivity index (χ3n) is 6.03. The van der Waals surface area contributed by atoms with Gasteiger partial charge in [0.2, 0.25) is 0 Å². The molecular formula is C20H28N2. The summed E-state index contributed by atoms with van der Waals surface area (Å²) in [5, 5.41) is 7.56. The van der Waals surface area contributed by atoms with Crippen LogP contribution in [0.5, 0.6) is 0 Å². The third-order valence-corrected chi connectivity index (χ3v) is 6.03. The Kier molecular flexibility index (Phi) is 3.63. The van der Waals surface area contributed by atoms with Crippen LogP contribution < -0.4 is 10.6 Å². The second-order valence-corrected chi connectivity index (χ2v) is 7.87. The number of para-hydroxylation sites is 2. The molecule has 0 atom stereocenters. The van der Waals surface area contributed by atoms with Crippen molar-refractivity contribution in [2.45, 2.75) is 50.5 Å². The zero-order valence-corrected chi connectivity index (χ0v) is 13.5. The fourth-order valence-electron chi connectivity index (χ4n) is 5.60. The number of anilines is 2. The van der Waals surface area contributed by atoms with Crippen molar-refractivity contribution in [2.24, 2.45) is 17.8 Å². The molecule has 4 aliphatic carbocycles. The standard InChI is InChI=1S/C20H28N2/c1-2-3-8-21-18-6-4-5-7-19(18)22-20-12-15-9-16(13-20)11-17(10-15)14-20/h2,4-7,15-17,21-22H,1,3,8-14H2. The molecule has 0 amide bonds. The molecule has 0 radical (unpaired) electrons. The molecule has 1 aromatic rings. The summed E-state index contributed by atoms with van der Waals surface area (Å²) in [7, 11) is 0. The number of benzene rings is 1. The van der Waals surface area contributed by atoms with E-state index in [-0.39, 0.29) is 0 Å². The van der Waals surface area contributed by atoms with E-state index in [1.54, 1.807) is 0 Å². The molecule has 118 valence electrons. The van der Waals surface area contributed by atoms with E-state index in [1.165, 1.54) is 49.9 Å². The van der Waals surface area contributed by atoms with Crippen LogP contribution in [0.2, 0.25) is 0 Å². The fourth-order valence-corrected chi connectivity index (χ4v) is 5.60. The minimum atomic E-state index is 0.380. The van der Waals surface area contributed by atoms with Crippen LogP contribution in [0.25, 0.3) is 0 Å². The van der Waals surface area contributed by atoms with Crippen LogP contribution in [0.3, 0.4) is 0 Å². The molecule has 0 saturated heterocycles. The van der Waals surface area contributed by atoms with Crippen molar-refractivity contribution in [2.75, 3.05) is 17.2 Å². The lowest BCUT2D eigenvalue weighted by Crippen LogP contribution is -2.54. The SMILES string of the molecule is C=CCCNc1ccccc1NC12CC3CC(CC(C3)C1)C2. The molecular weight excluding hydrogens is 268 g/mol. The normalized spacial score (nSPS) is 35.4. The van der Waals surface area contributed by atoms with Crippen LogP contribution >= 0.6 is 0 Å². The Morgan fingerprint density at radius 1 is 1.00 bits per heavy atom. The highest BCUT2D eigenvalue weighted by atomic mass is 15.0. The molecule has 2 N–H and O–H groups in total. The topological polar surface area (TPSA) is 24.1 Å². The smallest absolute Gasteiger partial charge is 0.0580 e. The van der Waals surface area contributed by atoms with Crippen LogP contribution in [-0.4, -0.2) is 12.1 Å². The van der Waals surface area contributed by atoms with Gasteiger partial charge in [0.1, 0.15) is 0 Å². The van der Waals surface area contributed by atoms with Gasteiger partial charge in [0.05, 0.1) is 11.4 Å². The maximum Gasteiger partial charge on any atom is 0.0580 e. The molecule has 4 aliphatic rings. The number of nitrogens with one attached hydrogen (secondary N) is 2. The molecule has 0 unspecified atom stereocenters. The van der Waals surface area contributed by atoms with Gasteiger partial charge < -0.3 is 10.6 Å². The highest BCUT2D eigenvalue weighted by Crippen LogP contribution is 2.56. The van der Waals surface area contributed by atoms with E-state index in [4.69, 9.17) is 0 Å². The highest BCUT2D eigenvalue weighted by Gasteiger charge is 2.50. The zero-order valence-electron chi connectivity index (χ0n) is 13.5. The number of rotatable bonds is 6. The van der Waals surface area contributed by atoms with Gasteiger partial charge in [-0.15, -0.1) is 6.58 Å². The minimum Gasteiger partial charge on any atom is -0.383 e. The van der Waals surface area contributed by atoms with Crippen LogP contribution in [0.4, 0.5) is 11.4 Å². The molecule has 22 heavy (non-hydrogen) atoms. The minimum absolute atomic E-state index is 0.380. The van der Waals surface area contributed by atoms with Gasteiger partial charge in [-0.2, -0.15) is 0 Å². The van der Waals surface area contributed by atoms with E-state index in [1.807, 2.05) is 6.08 Å². The molecule has 0 aliphatic heterocycles. The summed E-state index contributed by atoms with van der Waals surface area (Å²) in [4.78, 5) is 0. The van der Waals surface area contributed by atoms with Crippen molar-refractivity contribution < 1.29 is 0 Å². The molecule has 2 heteroatoms. The Morgan fingerprint density at radius 3 is 2.18 bits per heavy atom. The van der Waals surface area contributed by atoms with E-state index in [2.05, 4.69) is 41.5 Å². The zero-order chi connectivity index (χ0) is 15.0. The van der Waals surface area contributed by atoms with Crippen molar-refractivity contribution in [1.29, 1.82) is 0 Å². The van der Waals surface area contributed by atoms with E-state index < -0.39 is 0 Å². The largest absolute Gasteiger partial charge is 0.383 e. The summed E-state index contributed by atoms with van der Waals surface area (Å²) in [6.45, 7) is 4.77. The quantitative estimate of drug-likeness (QED) is 0.566. The first-order chi connectivity index (χ1) is 10.8. The first kappa shape index (κ1) is 14.2. The Hall–Kier alpha value is -1.44. The third kappa shape index (κ3) is 2.64. The molecule has 1 aromatic carbocycles. The van der Waals surface area contributed by atoms with Crippen molar-refractivity contribution in [3.63, 3.8) is 0 Å². The van der Waals surface area contributed by atoms with Crippen molar-refractivity contribution in [1.82, 2.24) is 0 Å². The molecule has 4 saturated carbocycles.